The first-order valence-corrected chi connectivity index (χ1v) is 6.82. The number of rotatable bonds is 6. The van der Waals surface area contributed by atoms with Crippen LogP contribution in [-0.4, -0.2) is 39.8 Å². The van der Waals surface area contributed by atoms with Crippen molar-refractivity contribution in [3.8, 4) is 11.5 Å². The van der Waals surface area contributed by atoms with Crippen molar-refractivity contribution in [1.82, 2.24) is 15.1 Å². The lowest BCUT2D eigenvalue weighted by Crippen LogP contribution is -2.21. The first-order valence-electron chi connectivity index (χ1n) is 6.03. The number of carboxylic acids is 1. The molecule has 0 atom stereocenters. The molecule has 2 aromatic rings. The zero-order chi connectivity index (χ0) is 14.5. The fourth-order valence-electron chi connectivity index (χ4n) is 1.62. The first kappa shape index (κ1) is 14.7. The molecule has 0 saturated heterocycles. The third-order valence-corrected chi connectivity index (χ3v) is 3.20. The minimum absolute atomic E-state index is 0.0875. The number of aromatic nitrogens is 2. The molecule has 7 heteroatoms. The van der Waals surface area contributed by atoms with Gasteiger partial charge in [-0.05, 0) is 31.3 Å². The van der Waals surface area contributed by atoms with Crippen molar-refractivity contribution in [2.75, 3.05) is 13.6 Å². The van der Waals surface area contributed by atoms with E-state index in [1.165, 1.54) is 0 Å². The van der Waals surface area contributed by atoms with Crippen molar-refractivity contribution >= 4 is 21.9 Å². The van der Waals surface area contributed by atoms with Crippen LogP contribution in [0.3, 0.4) is 0 Å². The van der Waals surface area contributed by atoms with Gasteiger partial charge in [0.25, 0.3) is 0 Å². The molecule has 0 aliphatic carbocycles. The first-order chi connectivity index (χ1) is 9.54. The zero-order valence-electron chi connectivity index (χ0n) is 10.9. The van der Waals surface area contributed by atoms with Crippen LogP contribution in [0.4, 0.5) is 0 Å². The van der Waals surface area contributed by atoms with Crippen LogP contribution >= 0.6 is 15.9 Å². The molecule has 0 saturated carbocycles. The quantitative estimate of drug-likeness (QED) is 0.870. The van der Waals surface area contributed by atoms with Gasteiger partial charge in [-0.25, -0.2) is 0 Å². The second kappa shape index (κ2) is 6.62. The topological polar surface area (TPSA) is 79.5 Å². The van der Waals surface area contributed by atoms with Crippen LogP contribution in [0.5, 0.6) is 0 Å². The van der Waals surface area contributed by atoms with Gasteiger partial charge in [-0.2, -0.15) is 0 Å². The van der Waals surface area contributed by atoms with Gasteiger partial charge in [-0.1, -0.05) is 15.9 Å². The third-order valence-electron chi connectivity index (χ3n) is 2.67. The molecule has 106 valence electrons. The Kier molecular flexibility index (Phi) is 4.86. The van der Waals surface area contributed by atoms with Crippen LogP contribution in [0, 0.1) is 0 Å². The molecule has 1 aromatic carbocycles. The summed E-state index contributed by atoms with van der Waals surface area (Å²) in [7, 11) is 1.81. The lowest BCUT2D eigenvalue weighted by molar-refractivity contribution is -0.137. The fourth-order valence-corrected chi connectivity index (χ4v) is 1.89. The highest BCUT2D eigenvalue weighted by atomic mass is 79.9. The summed E-state index contributed by atoms with van der Waals surface area (Å²) in [6, 6.07) is 7.57. The average molecular weight is 340 g/mol. The van der Waals surface area contributed by atoms with Crippen LogP contribution in [0.1, 0.15) is 12.3 Å². The molecule has 0 radical (unpaired) electrons. The summed E-state index contributed by atoms with van der Waals surface area (Å²) < 4.78 is 6.54. The molecule has 6 nitrogen and oxygen atoms in total. The number of hydrogen-bond acceptors (Lipinski definition) is 5. The van der Waals surface area contributed by atoms with Gasteiger partial charge >= 0.3 is 5.97 Å². The molecule has 1 N–H and O–H groups in total. The Balaban J connectivity index is 1.98. The molecule has 0 aliphatic heterocycles. The van der Waals surface area contributed by atoms with E-state index in [1.54, 1.807) is 0 Å². The molecule has 20 heavy (non-hydrogen) atoms. The summed E-state index contributed by atoms with van der Waals surface area (Å²) in [6.07, 6.45) is 0.0875. The number of carbonyl (C=O) groups is 1. The van der Waals surface area contributed by atoms with Gasteiger partial charge in [-0.3, -0.25) is 9.69 Å². The van der Waals surface area contributed by atoms with Gasteiger partial charge in [0.2, 0.25) is 11.8 Å². The highest BCUT2D eigenvalue weighted by Gasteiger charge is 2.11. The van der Waals surface area contributed by atoms with Crippen LogP contribution in [0.15, 0.2) is 33.2 Å². The lowest BCUT2D eigenvalue weighted by atomic mass is 10.2. The van der Waals surface area contributed by atoms with E-state index in [0.717, 1.165) is 10.0 Å². The number of nitrogens with zero attached hydrogens (tertiary/aromatic N) is 3. The van der Waals surface area contributed by atoms with Crippen molar-refractivity contribution in [2.24, 2.45) is 0 Å². The van der Waals surface area contributed by atoms with Gasteiger partial charge in [-0.15, -0.1) is 10.2 Å². The Morgan fingerprint density at radius 2 is 2.05 bits per heavy atom. The second-order valence-corrected chi connectivity index (χ2v) is 5.31. The van der Waals surface area contributed by atoms with E-state index in [9.17, 15) is 4.79 Å². The number of carboxylic acid groups (broad SMARTS) is 1. The summed E-state index contributed by atoms with van der Waals surface area (Å²) in [6.45, 7) is 0.863. The largest absolute Gasteiger partial charge is 0.481 e. The molecular weight excluding hydrogens is 326 g/mol. The van der Waals surface area contributed by atoms with Crippen molar-refractivity contribution < 1.29 is 14.3 Å². The van der Waals surface area contributed by atoms with Gasteiger partial charge in [0, 0.05) is 16.6 Å². The maximum Gasteiger partial charge on any atom is 0.304 e. The van der Waals surface area contributed by atoms with Crippen LogP contribution in [0.25, 0.3) is 11.5 Å². The van der Waals surface area contributed by atoms with E-state index in [4.69, 9.17) is 9.52 Å². The monoisotopic (exact) mass is 339 g/mol. The minimum atomic E-state index is -0.821. The SMILES string of the molecule is CN(CCC(=O)O)Cc1nnc(-c2ccc(Br)cc2)o1. The van der Waals surface area contributed by atoms with Crippen molar-refractivity contribution in [1.29, 1.82) is 0 Å². The van der Waals surface area contributed by atoms with E-state index >= 15 is 0 Å². The van der Waals surface area contributed by atoms with Gasteiger partial charge in [0.1, 0.15) is 0 Å². The molecular formula is C13H14BrN3O3. The van der Waals surface area contributed by atoms with Crippen molar-refractivity contribution in [3.63, 3.8) is 0 Å². The Bertz CT molecular complexity index is 583. The average Bonchev–Trinajstić information content (AvgIpc) is 2.85. The smallest absolute Gasteiger partial charge is 0.304 e. The van der Waals surface area contributed by atoms with Gasteiger partial charge < -0.3 is 9.52 Å². The summed E-state index contributed by atoms with van der Waals surface area (Å²) in [5.41, 5.74) is 0.847. The third kappa shape index (κ3) is 4.14. The second-order valence-electron chi connectivity index (χ2n) is 4.39. The summed E-state index contributed by atoms with van der Waals surface area (Å²) in [5, 5.41) is 16.6. The predicted molar refractivity (Wildman–Crippen MR) is 76.0 cm³/mol. The molecule has 2 rings (SSSR count). The van der Waals surface area contributed by atoms with Crippen molar-refractivity contribution in [2.45, 2.75) is 13.0 Å². The van der Waals surface area contributed by atoms with Gasteiger partial charge in [0.05, 0.1) is 13.0 Å². The number of aliphatic carboxylic acids is 1. The van der Waals surface area contributed by atoms with E-state index in [1.807, 2.05) is 36.2 Å². The molecule has 0 bridgehead atoms. The van der Waals surface area contributed by atoms with E-state index in [2.05, 4.69) is 26.1 Å². The highest BCUT2D eigenvalue weighted by molar-refractivity contribution is 9.10. The normalized spacial score (nSPS) is 10.9. The number of benzene rings is 1. The van der Waals surface area contributed by atoms with E-state index in [-0.39, 0.29) is 6.42 Å². The Morgan fingerprint density at radius 1 is 1.35 bits per heavy atom. The maximum absolute atomic E-state index is 10.5. The maximum atomic E-state index is 10.5. The molecule has 0 aliphatic rings. The van der Waals surface area contributed by atoms with E-state index < -0.39 is 5.97 Å². The van der Waals surface area contributed by atoms with Crippen LogP contribution in [0.2, 0.25) is 0 Å². The van der Waals surface area contributed by atoms with Crippen LogP contribution < -0.4 is 0 Å². The number of halogens is 1. The highest BCUT2D eigenvalue weighted by Crippen LogP contribution is 2.20. The summed E-state index contributed by atoms with van der Waals surface area (Å²) in [4.78, 5) is 12.3. The molecule has 0 spiro atoms. The number of hydrogen-bond donors (Lipinski definition) is 1. The summed E-state index contributed by atoms with van der Waals surface area (Å²) in [5.74, 6) is 0.105. The molecule has 1 aromatic heterocycles. The molecule has 1 heterocycles. The molecule has 0 amide bonds. The molecule has 0 fully saturated rings. The Morgan fingerprint density at radius 3 is 2.70 bits per heavy atom. The zero-order valence-corrected chi connectivity index (χ0v) is 12.5. The fraction of sp³-hybridized carbons (Fsp3) is 0.308. The lowest BCUT2D eigenvalue weighted by Gasteiger charge is -2.11. The predicted octanol–water partition coefficient (Wildman–Crippen LogP) is 2.41. The van der Waals surface area contributed by atoms with Crippen LogP contribution in [-0.2, 0) is 11.3 Å². The van der Waals surface area contributed by atoms with Gasteiger partial charge in [0.15, 0.2) is 0 Å². The van der Waals surface area contributed by atoms with E-state index in [0.29, 0.717) is 24.9 Å². The Hall–Kier alpha value is -1.73. The Labute approximate surface area is 124 Å². The molecule has 0 unspecified atom stereocenters. The summed E-state index contributed by atoms with van der Waals surface area (Å²) >= 11 is 3.36. The van der Waals surface area contributed by atoms with Crippen molar-refractivity contribution in [3.05, 3.63) is 34.6 Å². The minimum Gasteiger partial charge on any atom is -0.481 e. The standard InChI is InChI=1S/C13H14BrN3O3/c1-17(7-6-12(18)19)8-11-15-16-13(20-11)9-2-4-10(14)5-3-9/h2-5H,6-8H2,1H3,(H,18,19).